The number of benzene rings is 3. The Morgan fingerprint density at radius 3 is 2.47 bits per heavy atom. The van der Waals surface area contributed by atoms with Gasteiger partial charge in [-0.25, -0.2) is 9.97 Å². The van der Waals surface area contributed by atoms with Gasteiger partial charge in [-0.1, -0.05) is 48.5 Å². The predicted octanol–water partition coefficient (Wildman–Crippen LogP) is 5.72. The molecule has 2 heterocycles. The first kappa shape index (κ1) is 22.0. The summed E-state index contributed by atoms with van der Waals surface area (Å²) in [4.78, 5) is 11.4. The predicted molar refractivity (Wildman–Crippen MR) is 134 cm³/mol. The number of fused-ring (bicyclic) bond motifs is 1. The van der Waals surface area contributed by atoms with Crippen LogP contribution < -0.4 is 14.4 Å². The van der Waals surface area contributed by atoms with E-state index in [1.165, 1.54) is 16.7 Å². The standard InChI is InChI=1S/C29H29N3O2/c1-21-30-16-14-29(31-21)32-17-15-24-19-26(33-2)12-13-27(24)28(32)18-22-8-10-25(11-9-22)34-20-23-6-4-3-5-7-23/h3-14,16,19,28H,15,17-18,20H2,1-2H3. The van der Waals surface area contributed by atoms with Gasteiger partial charge < -0.3 is 14.4 Å². The fourth-order valence-corrected chi connectivity index (χ4v) is 4.60. The Kier molecular flexibility index (Phi) is 6.43. The third-order valence-corrected chi connectivity index (χ3v) is 6.36. The van der Waals surface area contributed by atoms with Crippen molar-refractivity contribution in [2.75, 3.05) is 18.6 Å². The number of anilines is 1. The van der Waals surface area contributed by atoms with E-state index in [2.05, 4.69) is 64.5 Å². The first-order valence-corrected chi connectivity index (χ1v) is 11.7. The van der Waals surface area contributed by atoms with Crippen molar-refractivity contribution in [1.82, 2.24) is 9.97 Å². The number of rotatable bonds is 7. The number of hydrogen-bond acceptors (Lipinski definition) is 5. The molecule has 0 fully saturated rings. The van der Waals surface area contributed by atoms with E-state index in [1.54, 1.807) is 7.11 Å². The van der Waals surface area contributed by atoms with Crippen molar-refractivity contribution < 1.29 is 9.47 Å². The lowest BCUT2D eigenvalue weighted by molar-refractivity contribution is 0.306. The molecular formula is C29H29N3O2. The molecule has 34 heavy (non-hydrogen) atoms. The summed E-state index contributed by atoms with van der Waals surface area (Å²) in [6.45, 7) is 3.41. The molecular weight excluding hydrogens is 422 g/mol. The van der Waals surface area contributed by atoms with Crippen LogP contribution in [0.3, 0.4) is 0 Å². The van der Waals surface area contributed by atoms with Crippen LogP contribution in [0.4, 0.5) is 5.82 Å². The average Bonchev–Trinajstić information content (AvgIpc) is 2.88. The summed E-state index contributed by atoms with van der Waals surface area (Å²) in [5.41, 5.74) is 5.09. The highest BCUT2D eigenvalue weighted by molar-refractivity contribution is 5.50. The van der Waals surface area contributed by atoms with E-state index in [0.29, 0.717) is 6.61 Å². The highest BCUT2D eigenvalue weighted by Crippen LogP contribution is 2.37. The van der Waals surface area contributed by atoms with Gasteiger partial charge in [-0.15, -0.1) is 0 Å². The van der Waals surface area contributed by atoms with Crippen LogP contribution in [-0.2, 0) is 19.4 Å². The molecule has 1 atom stereocenters. The van der Waals surface area contributed by atoms with Gasteiger partial charge in [-0.2, -0.15) is 0 Å². The van der Waals surface area contributed by atoms with E-state index in [4.69, 9.17) is 14.5 Å². The Hall–Kier alpha value is -3.86. The molecule has 3 aromatic carbocycles. The van der Waals surface area contributed by atoms with Crippen molar-refractivity contribution >= 4 is 5.82 Å². The highest BCUT2D eigenvalue weighted by Gasteiger charge is 2.29. The molecule has 0 bridgehead atoms. The van der Waals surface area contributed by atoms with Crippen LogP contribution in [0.5, 0.6) is 11.5 Å². The summed E-state index contributed by atoms with van der Waals surface area (Å²) < 4.78 is 11.5. The third kappa shape index (κ3) is 4.88. The Morgan fingerprint density at radius 2 is 1.71 bits per heavy atom. The summed E-state index contributed by atoms with van der Waals surface area (Å²) in [6, 6.07) is 27.3. The molecule has 5 nitrogen and oxygen atoms in total. The van der Waals surface area contributed by atoms with Crippen molar-refractivity contribution in [2.24, 2.45) is 0 Å². The molecule has 5 heteroatoms. The number of hydrogen-bond donors (Lipinski definition) is 0. The SMILES string of the molecule is COc1ccc2c(c1)CCN(c1ccnc(C)n1)C2Cc1ccc(OCc2ccccc2)cc1. The normalized spacial score (nSPS) is 15.0. The zero-order chi connectivity index (χ0) is 23.3. The lowest BCUT2D eigenvalue weighted by Crippen LogP contribution is -2.37. The third-order valence-electron chi connectivity index (χ3n) is 6.36. The van der Waals surface area contributed by atoms with E-state index in [0.717, 1.165) is 48.1 Å². The van der Waals surface area contributed by atoms with Crippen LogP contribution in [0.1, 0.15) is 34.1 Å². The summed E-state index contributed by atoms with van der Waals surface area (Å²) in [6.07, 6.45) is 3.68. The molecule has 1 aromatic heterocycles. The molecule has 1 aliphatic heterocycles. The largest absolute Gasteiger partial charge is 0.497 e. The molecule has 0 saturated heterocycles. The van der Waals surface area contributed by atoms with E-state index >= 15 is 0 Å². The fourth-order valence-electron chi connectivity index (χ4n) is 4.60. The average molecular weight is 452 g/mol. The number of methoxy groups -OCH3 is 1. The van der Waals surface area contributed by atoms with Crippen LogP contribution in [0, 0.1) is 6.92 Å². The minimum atomic E-state index is 0.181. The number of aryl methyl sites for hydroxylation is 1. The van der Waals surface area contributed by atoms with Crippen molar-refractivity contribution in [1.29, 1.82) is 0 Å². The van der Waals surface area contributed by atoms with Gasteiger partial charge in [-0.3, -0.25) is 0 Å². The Bertz CT molecular complexity index is 1240. The number of aromatic nitrogens is 2. The lowest BCUT2D eigenvalue weighted by atomic mass is 9.88. The van der Waals surface area contributed by atoms with Crippen LogP contribution in [0.2, 0.25) is 0 Å². The number of ether oxygens (including phenoxy) is 2. The topological polar surface area (TPSA) is 47.5 Å². The van der Waals surface area contributed by atoms with Crippen LogP contribution >= 0.6 is 0 Å². The quantitative estimate of drug-likeness (QED) is 0.360. The van der Waals surface area contributed by atoms with Crippen LogP contribution in [-0.4, -0.2) is 23.6 Å². The van der Waals surface area contributed by atoms with Gasteiger partial charge in [0.25, 0.3) is 0 Å². The first-order chi connectivity index (χ1) is 16.7. The molecule has 0 amide bonds. The highest BCUT2D eigenvalue weighted by atomic mass is 16.5. The summed E-state index contributed by atoms with van der Waals surface area (Å²) in [7, 11) is 1.72. The number of nitrogens with zero attached hydrogens (tertiary/aromatic N) is 3. The van der Waals surface area contributed by atoms with Crippen molar-refractivity contribution in [3.05, 3.63) is 113 Å². The van der Waals surface area contributed by atoms with Gasteiger partial charge >= 0.3 is 0 Å². The molecule has 4 aromatic rings. The molecule has 0 saturated carbocycles. The van der Waals surface area contributed by atoms with E-state index in [9.17, 15) is 0 Å². The minimum Gasteiger partial charge on any atom is -0.497 e. The molecule has 172 valence electrons. The molecule has 5 rings (SSSR count). The second kappa shape index (κ2) is 9.96. The Labute approximate surface area is 201 Å². The Morgan fingerprint density at radius 1 is 0.912 bits per heavy atom. The van der Waals surface area contributed by atoms with Gasteiger partial charge in [0, 0.05) is 12.7 Å². The second-order valence-corrected chi connectivity index (χ2v) is 8.61. The zero-order valence-electron chi connectivity index (χ0n) is 19.6. The maximum absolute atomic E-state index is 5.98. The smallest absolute Gasteiger partial charge is 0.132 e. The van der Waals surface area contributed by atoms with Crippen molar-refractivity contribution in [3.63, 3.8) is 0 Å². The summed E-state index contributed by atoms with van der Waals surface area (Å²) in [5.74, 6) is 3.55. The lowest BCUT2D eigenvalue weighted by Gasteiger charge is -2.38. The van der Waals surface area contributed by atoms with E-state index in [-0.39, 0.29) is 6.04 Å². The van der Waals surface area contributed by atoms with Crippen LogP contribution in [0.25, 0.3) is 0 Å². The van der Waals surface area contributed by atoms with Crippen molar-refractivity contribution in [2.45, 2.75) is 32.4 Å². The van der Waals surface area contributed by atoms with Gasteiger partial charge in [0.15, 0.2) is 0 Å². The Balaban J connectivity index is 1.38. The van der Waals surface area contributed by atoms with Gasteiger partial charge in [0.05, 0.1) is 13.2 Å². The van der Waals surface area contributed by atoms with Gasteiger partial charge in [-0.05, 0) is 72.4 Å². The molecule has 1 unspecified atom stereocenters. The summed E-state index contributed by atoms with van der Waals surface area (Å²) in [5, 5.41) is 0. The van der Waals surface area contributed by atoms with E-state index in [1.807, 2.05) is 37.4 Å². The monoisotopic (exact) mass is 451 g/mol. The maximum Gasteiger partial charge on any atom is 0.132 e. The van der Waals surface area contributed by atoms with E-state index < -0.39 is 0 Å². The molecule has 0 radical (unpaired) electrons. The van der Waals surface area contributed by atoms with Gasteiger partial charge in [0.2, 0.25) is 0 Å². The minimum absolute atomic E-state index is 0.181. The molecule has 0 N–H and O–H groups in total. The molecule has 1 aliphatic rings. The van der Waals surface area contributed by atoms with Gasteiger partial charge in [0.1, 0.15) is 29.7 Å². The maximum atomic E-state index is 5.98. The molecule has 0 aliphatic carbocycles. The molecule has 0 spiro atoms. The second-order valence-electron chi connectivity index (χ2n) is 8.61. The van der Waals surface area contributed by atoms with Crippen LogP contribution in [0.15, 0.2) is 85.1 Å². The zero-order valence-corrected chi connectivity index (χ0v) is 19.6. The van der Waals surface area contributed by atoms with Crippen molar-refractivity contribution in [3.8, 4) is 11.5 Å². The fraction of sp³-hybridized carbons (Fsp3) is 0.241. The first-order valence-electron chi connectivity index (χ1n) is 11.7. The summed E-state index contributed by atoms with van der Waals surface area (Å²) >= 11 is 0.